The molecular formula is C20H15ClN4O4. The van der Waals surface area contributed by atoms with Crippen LogP contribution in [0, 0.1) is 0 Å². The number of para-hydroxylation sites is 1. The maximum atomic E-state index is 12.4. The molecule has 3 aromatic rings. The average Bonchev–Trinajstić information content (AvgIpc) is 3.22. The summed E-state index contributed by atoms with van der Waals surface area (Å²) in [5.41, 5.74) is 1.33. The van der Waals surface area contributed by atoms with Gasteiger partial charge >= 0.3 is 5.97 Å². The smallest absolute Gasteiger partial charge is 0.354 e. The molecule has 4 rings (SSSR count). The van der Waals surface area contributed by atoms with Gasteiger partial charge in [-0.1, -0.05) is 47.1 Å². The van der Waals surface area contributed by atoms with Crippen molar-refractivity contribution in [3.63, 3.8) is 0 Å². The minimum Gasteiger partial charge on any atom is -0.453 e. The molecule has 146 valence electrons. The molecule has 0 saturated heterocycles. The lowest BCUT2D eigenvalue weighted by molar-refractivity contribution is -0.137. The Hall–Kier alpha value is -3.52. The summed E-state index contributed by atoms with van der Waals surface area (Å²) in [5.74, 6) is -0.393. The third-order valence-electron chi connectivity index (χ3n) is 4.17. The van der Waals surface area contributed by atoms with Gasteiger partial charge in [0.25, 0.3) is 5.89 Å². The summed E-state index contributed by atoms with van der Waals surface area (Å²) in [5, 5.41) is 9.64. The molecule has 0 bridgehead atoms. The van der Waals surface area contributed by atoms with Crippen LogP contribution in [0.5, 0.6) is 0 Å². The zero-order valence-corrected chi connectivity index (χ0v) is 15.9. The van der Waals surface area contributed by atoms with E-state index in [9.17, 15) is 9.59 Å². The second kappa shape index (κ2) is 8.24. The molecular weight excluding hydrogens is 396 g/mol. The highest BCUT2D eigenvalue weighted by Crippen LogP contribution is 2.26. The minimum absolute atomic E-state index is 0.156. The molecule has 0 saturated carbocycles. The molecule has 1 aliphatic rings. The second-order valence-corrected chi connectivity index (χ2v) is 6.57. The number of rotatable bonds is 5. The van der Waals surface area contributed by atoms with Crippen molar-refractivity contribution < 1.29 is 18.8 Å². The molecule has 0 unspecified atom stereocenters. The molecule has 2 heterocycles. The molecule has 0 radical (unpaired) electrons. The quantitative estimate of drug-likeness (QED) is 0.596. The van der Waals surface area contributed by atoms with E-state index in [2.05, 4.69) is 15.2 Å². The number of nitrogens with zero attached hydrogens (tertiary/aromatic N) is 4. The normalized spacial score (nSPS) is 13.9. The lowest BCUT2D eigenvalue weighted by Crippen LogP contribution is -2.34. The van der Waals surface area contributed by atoms with Gasteiger partial charge in [-0.2, -0.15) is 10.1 Å². The molecule has 1 amide bonds. The van der Waals surface area contributed by atoms with Gasteiger partial charge in [0.05, 0.1) is 16.3 Å². The van der Waals surface area contributed by atoms with Crippen LogP contribution in [0.2, 0.25) is 5.02 Å². The number of hydrazone groups is 1. The van der Waals surface area contributed by atoms with Gasteiger partial charge in [0.15, 0.2) is 6.61 Å². The van der Waals surface area contributed by atoms with Crippen molar-refractivity contribution in [3.8, 4) is 11.5 Å². The first kappa shape index (κ1) is 18.8. The number of benzene rings is 2. The van der Waals surface area contributed by atoms with Gasteiger partial charge in [-0.3, -0.25) is 4.79 Å². The van der Waals surface area contributed by atoms with Crippen LogP contribution < -0.4 is 5.01 Å². The number of anilines is 1. The van der Waals surface area contributed by atoms with Crippen molar-refractivity contribution in [3.05, 3.63) is 65.4 Å². The number of carbonyl (C=O) groups excluding carboxylic acids is 2. The predicted molar refractivity (Wildman–Crippen MR) is 105 cm³/mol. The summed E-state index contributed by atoms with van der Waals surface area (Å²) >= 11 is 6.11. The van der Waals surface area contributed by atoms with Crippen molar-refractivity contribution in [2.45, 2.75) is 19.4 Å². The molecule has 0 atom stereocenters. The Morgan fingerprint density at radius 1 is 1.10 bits per heavy atom. The molecule has 1 aromatic heterocycles. The third-order valence-corrected chi connectivity index (χ3v) is 4.50. The highest BCUT2D eigenvalue weighted by atomic mass is 35.5. The summed E-state index contributed by atoms with van der Waals surface area (Å²) in [4.78, 5) is 28.7. The monoisotopic (exact) mass is 410 g/mol. The first-order valence-electron chi connectivity index (χ1n) is 8.82. The maximum Gasteiger partial charge on any atom is 0.354 e. The van der Waals surface area contributed by atoms with Gasteiger partial charge in [0, 0.05) is 12.8 Å². The largest absolute Gasteiger partial charge is 0.453 e. The van der Waals surface area contributed by atoms with E-state index in [1.165, 1.54) is 5.01 Å². The first-order chi connectivity index (χ1) is 14.1. The number of halogens is 1. The molecule has 0 aliphatic carbocycles. The second-order valence-electron chi connectivity index (χ2n) is 6.16. The van der Waals surface area contributed by atoms with Crippen molar-refractivity contribution in [1.29, 1.82) is 0 Å². The van der Waals surface area contributed by atoms with E-state index >= 15 is 0 Å². The van der Waals surface area contributed by atoms with Crippen LogP contribution in [-0.4, -0.2) is 27.7 Å². The third kappa shape index (κ3) is 4.17. The van der Waals surface area contributed by atoms with E-state index < -0.39 is 5.97 Å². The van der Waals surface area contributed by atoms with Gasteiger partial charge in [-0.15, -0.1) is 0 Å². The van der Waals surface area contributed by atoms with Crippen molar-refractivity contribution >= 4 is 34.9 Å². The van der Waals surface area contributed by atoms with E-state index in [1.54, 1.807) is 48.5 Å². The van der Waals surface area contributed by atoms with Crippen LogP contribution in [-0.2, 0) is 20.9 Å². The molecule has 0 spiro atoms. The fourth-order valence-corrected chi connectivity index (χ4v) is 2.96. The molecule has 9 heteroatoms. The van der Waals surface area contributed by atoms with Crippen LogP contribution in [0.3, 0.4) is 0 Å². The first-order valence-corrected chi connectivity index (χ1v) is 9.20. The van der Waals surface area contributed by atoms with Gasteiger partial charge in [-0.05, 0) is 24.3 Å². The molecule has 0 fully saturated rings. The topological polar surface area (TPSA) is 97.9 Å². The number of esters is 1. The molecule has 1 aliphatic heterocycles. The van der Waals surface area contributed by atoms with E-state index in [0.717, 1.165) is 0 Å². The molecule has 8 nitrogen and oxygen atoms in total. The van der Waals surface area contributed by atoms with Crippen molar-refractivity contribution in [2.24, 2.45) is 5.10 Å². The molecule has 2 aromatic carbocycles. The Morgan fingerprint density at radius 2 is 1.86 bits per heavy atom. The lowest BCUT2D eigenvalue weighted by atomic mass is 10.1. The average molecular weight is 411 g/mol. The van der Waals surface area contributed by atoms with Gasteiger partial charge < -0.3 is 9.26 Å². The standard InChI is InChI=1S/C20H15ClN4O4/c21-15-9-5-4-8-14(15)19-22-17(24-29-19)12-28-20(27)16-10-11-18(26)25(23-16)13-6-2-1-3-7-13/h1-9H,10-12H2. The Kier molecular flexibility index (Phi) is 5.35. The van der Waals surface area contributed by atoms with E-state index in [4.69, 9.17) is 20.9 Å². The number of hydrogen-bond donors (Lipinski definition) is 0. The zero-order valence-electron chi connectivity index (χ0n) is 15.1. The van der Waals surface area contributed by atoms with Gasteiger partial charge in [-0.25, -0.2) is 9.80 Å². The zero-order chi connectivity index (χ0) is 20.2. The van der Waals surface area contributed by atoms with Gasteiger partial charge in [0.1, 0.15) is 5.71 Å². The SMILES string of the molecule is O=C(OCc1noc(-c2ccccc2Cl)n1)C1=NN(c2ccccc2)C(=O)CC1. The number of carbonyl (C=O) groups is 2. The van der Waals surface area contributed by atoms with Crippen molar-refractivity contribution in [2.75, 3.05) is 5.01 Å². The van der Waals surface area contributed by atoms with E-state index in [-0.39, 0.29) is 42.8 Å². The molecule has 29 heavy (non-hydrogen) atoms. The minimum atomic E-state index is -0.637. The number of amides is 1. The van der Waals surface area contributed by atoms with Crippen LogP contribution in [0.15, 0.2) is 64.2 Å². The van der Waals surface area contributed by atoms with Crippen LogP contribution in [0.25, 0.3) is 11.5 Å². The lowest BCUT2D eigenvalue weighted by Gasteiger charge is -2.22. The van der Waals surface area contributed by atoms with Crippen LogP contribution in [0.4, 0.5) is 5.69 Å². The summed E-state index contributed by atoms with van der Waals surface area (Å²) in [6.45, 7) is -0.189. The Balaban J connectivity index is 1.44. The fourth-order valence-electron chi connectivity index (χ4n) is 2.74. The maximum absolute atomic E-state index is 12.4. The Bertz CT molecular complexity index is 1080. The summed E-state index contributed by atoms with van der Waals surface area (Å²) in [7, 11) is 0. The number of aromatic nitrogens is 2. The van der Waals surface area contributed by atoms with E-state index in [0.29, 0.717) is 16.3 Å². The number of ether oxygens (including phenoxy) is 1. The highest BCUT2D eigenvalue weighted by molar-refractivity contribution is 6.38. The summed E-state index contributed by atoms with van der Waals surface area (Å²) in [6, 6.07) is 15.9. The highest BCUT2D eigenvalue weighted by Gasteiger charge is 2.26. The molecule has 0 N–H and O–H groups in total. The van der Waals surface area contributed by atoms with Gasteiger partial charge in [0.2, 0.25) is 11.7 Å². The number of hydrogen-bond acceptors (Lipinski definition) is 7. The predicted octanol–water partition coefficient (Wildman–Crippen LogP) is 3.62. The van der Waals surface area contributed by atoms with Crippen LogP contribution in [0.1, 0.15) is 18.7 Å². The Labute approximate surface area is 170 Å². The van der Waals surface area contributed by atoms with Crippen LogP contribution >= 0.6 is 11.6 Å². The fraction of sp³-hybridized carbons (Fsp3) is 0.150. The Morgan fingerprint density at radius 3 is 2.66 bits per heavy atom. The van der Waals surface area contributed by atoms with E-state index in [1.807, 2.05) is 6.07 Å². The summed E-state index contributed by atoms with van der Waals surface area (Å²) < 4.78 is 10.4. The summed E-state index contributed by atoms with van der Waals surface area (Å²) in [6.07, 6.45) is 0.375. The van der Waals surface area contributed by atoms with Crippen molar-refractivity contribution in [1.82, 2.24) is 10.1 Å².